The number of amides is 1. The summed E-state index contributed by atoms with van der Waals surface area (Å²) in [6.45, 7) is 2.45. The van der Waals surface area contributed by atoms with Crippen molar-refractivity contribution in [3.8, 4) is 17.2 Å². The number of ether oxygens (including phenoxy) is 3. The quantitative estimate of drug-likeness (QED) is 0.784. The normalized spacial score (nSPS) is 10.6. The van der Waals surface area contributed by atoms with Crippen LogP contribution in [0.1, 0.15) is 28.4 Å². The summed E-state index contributed by atoms with van der Waals surface area (Å²) in [6.07, 6.45) is 4.52. The molecule has 1 amide bonds. The lowest BCUT2D eigenvalue weighted by Crippen LogP contribution is -2.25. The standard InChI is InChI=1S/C21H25NO4/c1-5-6-16-13-17(14-19(25-3)20(16)26-4)21(23)22-12-11-15-7-9-18(24-2)10-8-15/h5-10,13-14H,11-12H2,1-4H3,(H,22,23). The molecule has 0 spiro atoms. The molecule has 0 aliphatic heterocycles. The van der Waals surface area contributed by atoms with Crippen molar-refractivity contribution in [2.75, 3.05) is 27.9 Å². The van der Waals surface area contributed by atoms with Gasteiger partial charge in [0.15, 0.2) is 11.5 Å². The Balaban J connectivity index is 2.07. The molecule has 0 aliphatic rings. The second-order valence-electron chi connectivity index (χ2n) is 5.65. The molecule has 0 bridgehead atoms. The highest BCUT2D eigenvalue weighted by Crippen LogP contribution is 2.33. The molecular weight excluding hydrogens is 330 g/mol. The maximum Gasteiger partial charge on any atom is 0.251 e. The summed E-state index contributed by atoms with van der Waals surface area (Å²) in [5, 5.41) is 2.94. The van der Waals surface area contributed by atoms with E-state index >= 15 is 0 Å². The predicted octanol–water partition coefficient (Wildman–Crippen LogP) is 3.72. The van der Waals surface area contributed by atoms with E-state index in [2.05, 4.69) is 5.32 Å². The third-order valence-corrected chi connectivity index (χ3v) is 3.97. The highest BCUT2D eigenvalue weighted by Gasteiger charge is 2.14. The Hall–Kier alpha value is -2.95. The SMILES string of the molecule is CC=Cc1cc(C(=O)NCCc2ccc(OC)cc2)cc(OC)c1OC. The molecule has 0 radical (unpaired) electrons. The molecule has 0 atom stereocenters. The minimum absolute atomic E-state index is 0.148. The first-order chi connectivity index (χ1) is 12.6. The number of rotatable bonds is 8. The van der Waals surface area contributed by atoms with E-state index in [0.717, 1.165) is 23.3 Å². The molecule has 2 rings (SSSR count). The smallest absolute Gasteiger partial charge is 0.251 e. The van der Waals surface area contributed by atoms with Gasteiger partial charge in [0.2, 0.25) is 0 Å². The van der Waals surface area contributed by atoms with Crippen molar-refractivity contribution in [1.29, 1.82) is 0 Å². The highest BCUT2D eigenvalue weighted by atomic mass is 16.5. The molecule has 0 saturated carbocycles. The van der Waals surface area contributed by atoms with Gasteiger partial charge < -0.3 is 19.5 Å². The Morgan fingerprint density at radius 2 is 1.77 bits per heavy atom. The molecule has 0 heterocycles. The zero-order chi connectivity index (χ0) is 18.9. The summed E-state index contributed by atoms with van der Waals surface area (Å²) in [5.74, 6) is 1.81. The lowest BCUT2D eigenvalue weighted by atomic mass is 10.1. The molecule has 0 saturated heterocycles. The van der Waals surface area contributed by atoms with Gasteiger partial charge in [0, 0.05) is 17.7 Å². The van der Waals surface area contributed by atoms with Gasteiger partial charge in [0.05, 0.1) is 21.3 Å². The van der Waals surface area contributed by atoms with Gasteiger partial charge in [0.1, 0.15) is 5.75 Å². The minimum atomic E-state index is -0.148. The van der Waals surface area contributed by atoms with Crippen LogP contribution < -0.4 is 19.5 Å². The summed E-state index contributed by atoms with van der Waals surface area (Å²) in [4.78, 5) is 12.5. The second-order valence-corrected chi connectivity index (χ2v) is 5.65. The van der Waals surface area contributed by atoms with E-state index in [1.54, 1.807) is 33.5 Å². The molecule has 2 aromatic rings. The number of carbonyl (C=O) groups is 1. The van der Waals surface area contributed by atoms with Crippen molar-refractivity contribution >= 4 is 12.0 Å². The molecule has 0 fully saturated rings. The molecule has 0 aliphatic carbocycles. The Bertz CT molecular complexity index is 766. The van der Waals surface area contributed by atoms with Gasteiger partial charge in [-0.1, -0.05) is 24.3 Å². The van der Waals surface area contributed by atoms with Crippen molar-refractivity contribution in [3.63, 3.8) is 0 Å². The maximum absolute atomic E-state index is 12.5. The summed E-state index contributed by atoms with van der Waals surface area (Å²) >= 11 is 0. The summed E-state index contributed by atoms with van der Waals surface area (Å²) in [5.41, 5.74) is 2.47. The fraction of sp³-hybridized carbons (Fsp3) is 0.286. The van der Waals surface area contributed by atoms with Crippen LogP contribution in [0.2, 0.25) is 0 Å². The van der Waals surface area contributed by atoms with Crippen molar-refractivity contribution in [1.82, 2.24) is 5.32 Å². The highest BCUT2D eigenvalue weighted by molar-refractivity contribution is 5.96. The Labute approximate surface area is 154 Å². The van der Waals surface area contributed by atoms with Crippen molar-refractivity contribution in [2.24, 2.45) is 0 Å². The Morgan fingerprint density at radius 3 is 2.35 bits per heavy atom. The number of allylic oxidation sites excluding steroid dienone is 1. The summed E-state index contributed by atoms with van der Waals surface area (Å²) in [7, 11) is 4.78. The molecule has 5 nitrogen and oxygen atoms in total. The average Bonchev–Trinajstić information content (AvgIpc) is 2.68. The van der Waals surface area contributed by atoms with E-state index < -0.39 is 0 Å². The molecule has 0 aromatic heterocycles. The van der Waals surface area contributed by atoms with Crippen LogP contribution in [0.25, 0.3) is 6.08 Å². The van der Waals surface area contributed by atoms with E-state index in [0.29, 0.717) is 23.6 Å². The van der Waals surface area contributed by atoms with Crippen molar-refractivity contribution < 1.29 is 19.0 Å². The number of carbonyl (C=O) groups excluding carboxylic acids is 1. The first-order valence-corrected chi connectivity index (χ1v) is 8.42. The average molecular weight is 355 g/mol. The Morgan fingerprint density at radius 1 is 1.04 bits per heavy atom. The molecule has 1 N–H and O–H groups in total. The van der Waals surface area contributed by atoms with Crippen LogP contribution in [-0.2, 0) is 6.42 Å². The van der Waals surface area contributed by atoms with Crippen LogP contribution in [0.15, 0.2) is 42.5 Å². The monoisotopic (exact) mass is 355 g/mol. The zero-order valence-electron chi connectivity index (χ0n) is 15.7. The number of methoxy groups -OCH3 is 3. The van der Waals surface area contributed by atoms with Gasteiger partial charge in [-0.15, -0.1) is 0 Å². The van der Waals surface area contributed by atoms with Crippen LogP contribution in [0.3, 0.4) is 0 Å². The van der Waals surface area contributed by atoms with Crippen molar-refractivity contribution in [2.45, 2.75) is 13.3 Å². The Kier molecular flexibility index (Phi) is 7.09. The fourth-order valence-corrected chi connectivity index (χ4v) is 2.64. The van der Waals surface area contributed by atoms with Gasteiger partial charge in [-0.2, -0.15) is 0 Å². The van der Waals surface area contributed by atoms with E-state index in [1.807, 2.05) is 43.3 Å². The van der Waals surface area contributed by atoms with E-state index in [-0.39, 0.29) is 5.91 Å². The van der Waals surface area contributed by atoms with Crippen LogP contribution in [0.4, 0.5) is 0 Å². The number of benzene rings is 2. The third-order valence-electron chi connectivity index (χ3n) is 3.97. The van der Waals surface area contributed by atoms with E-state index in [4.69, 9.17) is 14.2 Å². The van der Waals surface area contributed by atoms with Crippen molar-refractivity contribution in [3.05, 3.63) is 59.2 Å². The first-order valence-electron chi connectivity index (χ1n) is 8.42. The van der Waals surface area contributed by atoms with Gasteiger partial charge in [0.25, 0.3) is 5.91 Å². The van der Waals surface area contributed by atoms with Crippen LogP contribution >= 0.6 is 0 Å². The van der Waals surface area contributed by atoms with E-state index in [9.17, 15) is 4.79 Å². The molecule has 138 valence electrons. The summed E-state index contributed by atoms with van der Waals surface area (Å²) in [6, 6.07) is 11.3. The molecule has 2 aromatic carbocycles. The molecular formula is C21H25NO4. The predicted molar refractivity (Wildman–Crippen MR) is 103 cm³/mol. The van der Waals surface area contributed by atoms with Gasteiger partial charge >= 0.3 is 0 Å². The first kappa shape index (κ1) is 19.4. The van der Waals surface area contributed by atoms with Gasteiger partial charge in [-0.3, -0.25) is 4.79 Å². The molecule has 5 heteroatoms. The number of hydrogen-bond donors (Lipinski definition) is 1. The lowest BCUT2D eigenvalue weighted by Gasteiger charge is -2.13. The van der Waals surface area contributed by atoms with Crippen LogP contribution in [-0.4, -0.2) is 33.8 Å². The third kappa shape index (κ3) is 4.79. The topological polar surface area (TPSA) is 56.8 Å². The fourth-order valence-electron chi connectivity index (χ4n) is 2.64. The number of nitrogens with one attached hydrogen (secondary N) is 1. The van der Waals surface area contributed by atoms with E-state index in [1.165, 1.54) is 0 Å². The zero-order valence-corrected chi connectivity index (χ0v) is 15.7. The maximum atomic E-state index is 12.5. The summed E-state index contributed by atoms with van der Waals surface area (Å²) < 4.78 is 15.9. The largest absolute Gasteiger partial charge is 0.497 e. The lowest BCUT2D eigenvalue weighted by molar-refractivity contribution is 0.0953. The van der Waals surface area contributed by atoms with Crippen LogP contribution in [0, 0.1) is 0 Å². The molecule has 26 heavy (non-hydrogen) atoms. The van der Waals surface area contributed by atoms with Crippen LogP contribution in [0.5, 0.6) is 17.2 Å². The molecule has 0 unspecified atom stereocenters. The van der Waals surface area contributed by atoms with Gasteiger partial charge in [-0.25, -0.2) is 0 Å². The van der Waals surface area contributed by atoms with Gasteiger partial charge in [-0.05, 0) is 43.2 Å². The minimum Gasteiger partial charge on any atom is -0.497 e. The second kappa shape index (κ2) is 9.51. The number of hydrogen-bond acceptors (Lipinski definition) is 4.